The fourth-order valence-corrected chi connectivity index (χ4v) is 0.701. The number of hydrogen-bond donors (Lipinski definition) is 1. The highest BCUT2D eigenvalue weighted by atomic mass is 35.5. The Kier molecular flexibility index (Phi) is 7.45. The van der Waals surface area contributed by atoms with E-state index < -0.39 is 6.36 Å². The second-order valence-corrected chi connectivity index (χ2v) is 2.99. The molecule has 0 saturated carbocycles. The number of rotatable bonds is 1. The molecule has 0 aromatic heterocycles. The fraction of sp³-hybridized carbons (Fsp3) is 0.750. The molecule has 0 amide bonds. The smallest absolute Gasteiger partial charge is 0.198 e. The van der Waals surface area contributed by atoms with E-state index in [2.05, 4.69) is 11.3 Å². The first-order valence-electron chi connectivity index (χ1n) is 3.86. The zero-order valence-electron chi connectivity index (χ0n) is 6.93. The van der Waals surface area contributed by atoms with Gasteiger partial charge in [-0.05, 0) is 12.8 Å². The molecule has 0 aromatic rings. The van der Waals surface area contributed by atoms with Gasteiger partial charge in [0.2, 0.25) is 0 Å². The van der Waals surface area contributed by atoms with E-state index in [1.165, 1.54) is 0 Å². The first-order valence-corrected chi connectivity index (χ1v) is 4.24. The van der Waals surface area contributed by atoms with E-state index in [1.807, 2.05) is 0 Å². The molecule has 1 unspecified atom stereocenters. The van der Waals surface area contributed by atoms with Crippen LogP contribution in [0.2, 0.25) is 0 Å². The lowest BCUT2D eigenvalue weighted by molar-refractivity contribution is -0.0677. The molecule has 2 nitrogen and oxygen atoms in total. The Morgan fingerprint density at radius 2 is 2.25 bits per heavy atom. The Balaban J connectivity index is 0.000000217. The number of halogens is 2. The van der Waals surface area contributed by atoms with Gasteiger partial charge in [0.1, 0.15) is 0 Å². The topological polar surface area (TPSA) is 29.5 Å². The number of hydrogen-bond acceptors (Lipinski definition) is 2. The summed E-state index contributed by atoms with van der Waals surface area (Å²) < 4.78 is 16.6. The van der Waals surface area contributed by atoms with Crippen molar-refractivity contribution in [2.24, 2.45) is 0 Å². The molecule has 0 spiro atoms. The summed E-state index contributed by atoms with van der Waals surface area (Å²) >= 11 is 5.02. The average molecular weight is 197 g/mol. The minimum Gasteiger partial charge on any atom is -0.391 e. The van der Waals surface area contributed by atoms with Crippen LogP contribution >= 0.6 is 11.6 Å². The van der Waals surface area contributed by atoms with Gasteiger partial charge in [-0.25, -0.2) is 4.39 Å². The maximum Gasteiger partial charge on any atom is 0.198 e. The third kappa shape index (κ3) is 7.98. The molecule has 0 aliphatic carbocycles. The number of ether oxygens (including phenoxy) is 1. The molecule has 0 bridgehead atoms. The zero-order valence-corrected chi connectivity index (χ0v) is 7.69. The van der Waals surface area contributed by atoms with Crippen LogP contribution in [0.5, 0.6) is 0 Å². The lowest BCUT2D eigenvalue weighted by atomic mass is 10.2. The summed E-state index contributed by atoms with van der Waals surface area (Å²) in [6.07, 6.45) is 1.65. The summed E-state index contributed by atoms with van der Waals surface area (Å²) in [5, 5.41) is 8.19. The average Bonchev–Trinajstić information content (AvgIpc) is 2.07. The normalized spacial score (nSPS) is 22.4. The van der Waals surface area contributed by atoms with Crippen LogP contribution in [0.1, 0.15) is 19.3 Å². The monoisotopic (exact) mass is 196 g/mol. The molecule has 0 radical (unpaired) electrons. The predicted octanol–water partition coefficient (Wildman–Crippen LogP) is 2.21. The Morgan fingerprint density at radius 3 is 2.42 bits per heavy atom. The van der Waals surface area contributed by atoms with Gasteiger partial charge in [0.05, 0.1) is 13.2 Å². The van der Waals surface area contributed by atoms with Crippen molar-refractivity contribution in [2.45, 2.75) is 25.6 Å². The minimum absolute atomic E-state index is 0.123. The van der Waals surface area contributed by atoms with Crippen molar-refractivity contribution in [3.63, 3.8) is 0 Å². The van der Waals surface area contributed by atoms with Crippen molar-refractivity contribution in [2.75, 3.05) is 13.2 Å². The lowest BCUT2D eigenvalue weighted by Gasteiger charge is -2.13. The molecule has 4 heteroatoms. The van der Waals surface area contributed by atoms with Gasteiger partial charge in [0, 0.05) is 11.5 Å². The molecule has 12 heavy (non-hydrogen) atoms. The van der Waals surface area contributed by atoms with Crippen LogP contribution in [0, 0.1) is 0 Å². The maximum atomic E-state index is 12.0. The van der Waals surface area contributed by atoms with Gasteiger partial charge in [-0.2, -0.15) is 0 Å². The van der Waals surface area contributed by atoms with Crippen LogP contribution in [0.4, 0.5) is 4.39 Å². The van der Waals surface area contributed by atoms with Crippen molar-refractivity contribution in [3.05, 3.63) is 11.6 Å². The lowest BCUT2D eigenvalue weighted by Crippen LogP contribution is -2.12. The first-order chi connectivity index (χ1) is 5.66. The quantitative estimate of drug-likeness (QED) is 0.697. The van der Waals surface area contributed by atoms with Gasteiger partial charge in [-0.1, -0.05) is 18.2 Å². The van der Waals surface area contributed by atoms with E-state index >= 15 is 0 Å². The molecule has 1 heterocycles. The Bertz CT molecular complexity index is 124. The van der Waals surface area contributed by atoms with E-state index in [0.717, 1.165) is 12.8 Å². The van der Waals surface area contributed by atoms with Gasteiger partial charge in [0.15, 0.2) is 6.36 Å². The number of aliphatic hydroxyl groups excluding tert-OH is 1. The van der Waals surface area contributed by atoms with E-state index in [9.17, 15) is 4.39 Å². The third-order valence-corrected chi connectivity index (χ3v) is 1.42. The molecular formula is C8H14ClFO2. The van der Waals surface area contributed by atoms with Crippen molar-refractivity contribution in [1.82, 2.24) is 0 Å². The van der Waals surface area contributed by atoms with Gasteiger partial charge >= 0.3 is 0 Å². The minimum atomic E-state index is -0.964. The third-order valence-electron chi connectivity index (χ3n) is 1.30. The molecule has 1 atom stereocenters. The van der Waals surface area contributed by atoms with Crippen LogP contribution < -0.4 is 0 Å². The summed E-state index contributed by atoms with van der Waals surface area (Å²) in [4.78, 5) is 0. The molecule has 72 valence electrons. The van der Waals surface area contributed by atoms with Crippen LogP contribution in [0.3, 0.4) is 0 Å². The SMILES string of the molecule is C=C(Cl)CO.FC1CCCCO1. The van der Waals surface area contributed by atoms with Crippen molar-refractivity contribution >= 4 is 11.6 Å². The standard InChI is InChI=1S/C5H9FO.C3H5ClO/c6-5-3-1-2-4-7-5;1-3(4)2-5/h5H,1-4H2;5H,1-2H2. The van der Waals surface area contributed by atoms with Crippen molar-refractivity contribution < 1.29 is 14.2 Å². The van der Waals surface area contributed by atoms with Gasteiger partial charge in [0.25, 0.3) is 0 Å². The summed E-state index contributed by atoms with van der Waals surface area (Å²) in [5.41, 5.74) is 0. The van der Waals surface area contributed by atoms with Crippen LogP contribution in [0.15, 0.2) is 11.6 Å². The zero-order chi connectivity index (χ0) is 9.40. The van der Waals surface area contributed by atoms with Gasteiger partial charge < -0.3 is 9.84 Å². The van der Waals surface area contributed by atoms with Crippen LogP contribution in [0.25, 0.3) is 0 Å². The Labute approximate surface area is 77.0 Å². The van der Waals surface area contributed by atoms with Crippen molar-refractivity contribution in [1.29, 1.82) is 0 Å². The second-order valence-electron chi connectivity index (χ2n) is 2.45. The molecule has 0 aromatic carbocycles. The van der Waals surface area contributed by atoms with E-state index in [4.69, 9.17) is 16.7 Å². The van der Waals surface area contributed by atoms with E-state index in [0.29, 0.717) is 13.0 Å². The molecule has 1 aliphatic heterocycles. The Morgan fingerprint density at radius 1 is 1.67 bits per heavy atom. The summed E-state index contributed by atoms with van der Waals surface area (Å²) in [6.45, 7) is 3.68. The highest BCUT2D eigenvalue weighted by Gasteiger charge is 2.09. The predicted molar refractivity (Wildman–Crippen MR) is 46.8 cm³/mol. The molecule has 1 rings (SSSR count). The summed E-state index contributed by atoms with van der Waals surface area (Å²) in [5.74, 6) is 0. The van der Waals surface area contributed by atoms with E-state index in [-0.39, 0.29) is 11.6 Å². The largest absolute Gasteiger partial charge is 0.391 e. The van der Waals surface area contributed by atoms with Gasteiger partial charge in [-0.15, -0.1) is 0 Å². The van der Waals surface area contributed by atoms with Crippen molar-refractivity contribution in [3.8, 4) is 0 Å². The molecule has 1 N–H and O–H groups in total. The van der Waals surface area contributed by atoms with Crippen LogP contribution in [-0.2, 0) is 4.74 Å². The number of alkyl halides is 1. The van der Waals surface area contributed by atoms with Crippen LogP contribution in [-0.4, -0.2) is 24.7 Å². The first kappa shape index (κ1) is 11.9. The highest BCUT2D eigenvalue weighted by Crippen LogP contribution is 2.12. The molecular weight excluding hydrogens is 183 g/mol. The number of aliphatic hydroxyl groups is 1. The molecule has 1 fully saturated rings. The highest BCUT2D eigenvalue weighted by molar-refractivity contribution is 6.29. The molecule has 1 saturated heterocycles. The summed E-state index contributed by atoms with van der Waals surface area (Å²) in [7, 11) is 0. The fourth-order valence-electron chi connectivity index (χ4n) is 0.701. The van der Waals surface area contributed by atoms with E-state index in [1.54, 1.807) is 0 Å². The summed E-state index contributed by atoms with van der Waals surface area (Å²) in [6, 6.07) is 0. The molecule has 1 aliphatic rings. The van der Waals surface area contributed by atoms with Gasteiger partial charge in [-0.3, -0.25) is 0 Å². The second kappa shape index (κ2) is 7.53. The maximum absolute atomic E-state index is 12.0. The Hall–Kier alpha value is -0.120.